The van der Waals surface area contributed by atoms with E-state index in [2.05, 4.69) is 45.8 Å². The first-order chi connectivity index (χ1) is 4.86. The van der Waals surface area contributed by atoms with Crippen molar-refractivity contribution in [1.82, 2.24) is 4.90 Å². The monoisotopic (exact) mass is 247 g/mol. The van der Waals surface area contributed by atoms with Crippen molar-refractivity contribution in [2.24, 2.45) is 0 Å². The Bertz CT molecular complexity index is 191. The number of hydrogen-bond acceptors (Lipinski definition) is 1. The largest absolute Gasteiger partial charge is 0.371 e. The smallest absolute Gasteiger partial charge is 0.0370 e. The van der Waals surface area contributed by atoms with Crippen LogP contribution >= 0.6 is 22.6 Å². The lowest BCUT2D eigenvalue weighted by atomic mass is 10.3. The molecular formula is C8H10IN. The zero-order chi connectivity index (χ0) is 6.97. The lowest BCUT2D eigenvalue weighted by Crippen LogP contribution is -2.21. The molecule has 0 bridgehead atoms. The molecule has 1 aliphatic carbocycles. The molecule has 2 rings (SSSR count). The average molecular weight is 247 g/mol. The second-order valence-corrected chi connectivity index (χ2v) is 4.08. The SMILES string of the molecule is IC1=CCN(C2CC2)C=C1. The summed E-state index contributed by atoms with van der Waals surface area (Å²) in [5.41, 5.74) is 0. The first-order valence-corrected chi connectivity index (χ1v) is 4.74. The highest BCUT2D eigenvalue weighted by molar-refractivity contribution is 14.1. The van der Waals surface area contributed by atoms with Crippen molar-refractivity contribution in [2.75, 3.05) is 6.54 Å². The number of allylic oxidation sites excluding steroid dienone is 2. The molecule has 2 heteroatoms. The van der Waals surface area contributed by atoms with Crippen LogP contribution in [0.15, 0.2) is 21.9 Å². The van der Waals surface area contributed by atoms with Crippen LogP contribution in [0.2, 0.25) is 0 Å². The van der Waals surface area contributed by atoms with Crippen molar-refractivity contribution in [1.29, 1.82) is 0 Å². The van der Waals surface area contributed by atoms with Crippen LogP contribution in [0.4, 0.5) is 0 Å². The van der Waals surface area contributed by atoms with Gasteiger partial charge in [-0.25, -0.2) is 0 Å². The van der Waals surface area contributed by atoms with Crippen molar-refractivity contribution >= 4 is 22.6 Å². The Hall–Kier alpha value is 0.01000. The summed E-state index contributed by atoms with van der Waals surface area (Å²) in [7, 11) is 0. The van der Waals surface area contributed by atoms with Gasteiger partial charge < -0.3 is 4.90 Å². The minimum atomic E-state index is 0.872. The summed E-state index contributed by atoms with van der Waals surface area (Å²) in [4.78, 5) is 2.42. The molecular weight excluding hydrogens is 237 g/mol. The van der Waals surface area contributed by atoms with Crippen LogP contribution in [-0.2, 0) is 0 Å². The zero-order valence-electron chi connectivity index (χ0n) is 5.76. The van der Waals surface area contributed by atoms with Crippen molar-refractivity contribution < 1.29 is 0 Å². The molecule has 0 saturated heterocycles. The summed E-state index contributed by atoms with van der Waals surface area (Å²) >= 11 is 2.36. The molecule has 0 unspecified atom stereocenters. The quantitative estimate of drug-likeness (QED) is 0.642. The summed E-state index contributed by atoms with van der Waals surface area (Å²) in [6.45, 7) is 1.12. The second kappa shape index (κ2) is 2.57. The third-order valence-corrected chi connectivity index (χ3v) is 2.74. The van der Waals surface area contributed by atoms with Gasteiger partial charge >= 0.3 is 0 Å². The fourth-order valence-corrected chi connectivity index (χ4v) is 1.52. The Kier molecular flexibility index (Phi) is 1.72. The first kappa shape index (κ1) is 6.70. The van der Waals surface area contributed by atoms with E-state index in [0.29, 0.717) is 0 Å². The fourth-order valence-electron chi connectivity index (χ4n) is 1.17. The summed E-state index contributed by atoms with van der Waals surface area (Å²) < 4.78 is 1.37. The maximum atomic E-state index is 2.42. The van der Waals surface area contributed by atoms with Gasteiger partial charge in [-0.1, -0.05) is 6.08 Å². The van der Waals surface area contributed by atoms with Crippen LogP contribution in [0, 0.1) is 0 Å². The highest BCUT2D eigenvalue weighted by Crippen LogP contribution is 2.29. The van der Waals surface area contributed by atoms with Crippen LogP contribution in [0.1, 0.15) is 12.8 Å². The first-order valence-electron chi connectivity index (χ1n) is 3.66. The van der Waals surface area contributed by atoms with E-state index in [1.807, 2.05) is 0 Å². The molecule has 0 aromatic rings. The Balaban J connectivity index is 1.99. The lowest BCUT2D eigenvalue weighted by molar-refractivity contribution is 0.401. The van der Waals surface area contributed by atoms with Crippen LogP contribution in [-0.4, -0.2) is 17.5 Å². The molecule has 0 N–H and O–H groups in total. The topological polar surface area (TPSA) is 3.24 Å². The fraction of sp³-hybridized carbons (Fsp3) is 0.500. The standard InChI is InChI=1S/C8H10IN/c9-7-3-5-10(6-4-7)8-1-2-8/h3-5,8H,1-2,6H2. The van der Waals surface area contributed by atoms with E-state index in [0.717, 1.165) is 12.6 Å². The Labute approximate surface area is 74.9 Å². The molecule has 1 aliphatic heterocycles. The highest BCUT2D eigenvalue weighted by atomic mass is 127. The van der Waals surface area contributed by atoms with Crippen LogP contribution in [0.25, 0.3) is 0 Å². The van der Waals surface area contributed by atoms with Crippen LogP contribution < -0.4 is 0 Å². The van der Waals surface area contributed by atoms with Crippen molar-refractivity contribution in [2.45, 2.75) is 18.9 Å². The molecule has 1 fully saturated rings. The minimum Gasteiger partial charge on any atom is -0.371 e. The van der Waals surface area contributed by atoms with Gasteiger partial charge in [0.1, 0.15) is 0 Å². The molecule has 0 atom stereocenters. The molecule has 0 aromatic carbocycles. The highest BCUT2D eigenvalue weighted by Gasteiger charge is 2.26. The van der Waals surface area contributed by atoms with E-state index in [4.69, 9.17) is 0 Å². The van der Waals surface area contributed by atoms with Crippen molar-refractivity contribution in [3.05, 3.63) is 21.9 Å². The maximum absolute atomic E-state index is 2.42. The molecule has 1 nitrogen and oxygen atoms in total. The minimum absolute atomic E-state index is 0.872. The summed E-state index contributed by atoms with van der Waals surface area (Å²) in [5.74, 6) is 0. The molecule has 0 aromatic heterocycles. The molecule has 0 radical (unpaired) electrons. The zero-order valence-corrected chi connectivity index (χ0v) is 7.91. The predicted molar refractivity (Wildman–Crippen MR) is 51.0 cm³/mol. The van der Waals surface area contributed by atoms with E-state index in [-0.39, 0.29) is 0 Å². The van der Waals surface area contributed by atoms with Gasteiger partial charge in [0, 0.05) is 22.4 Å². The third-order valence-electron chi connectivity index (χ3n) is 1.94. The Morgan fingerprint density at radius 3 is 2.80 bits per heavy atom. The van der Waals surface area contributed by atoms with Crippen LogP contribution in [0.3, 0.4) is 0 Å². The molecule has 1 saturated carbocycles. The summed E-state index contributed by atoms with van der Waals surface area (Å²) in [5, 5.41) is 0. The van der Waals surface area contributed by atoms with E-state index in [9.17, 15) is 0 Å². The van der Waals surface area contributed by atoms with Gasteiger partial charge in [0.05, 0.1) is 0 Å². The Morgan fingerprint density at radius 1 is 1.50 bits per heavy atom. The van der Waals surface area contributed by atoms with Gasteiger partial charge in [0.15, 0.2) is 0 Å². The molecule has 10 heavy (non-hydrogen) atoms. The second-order valence-electron chi connectivity index (χ2n) is 2.83. The van der Waals surface area contributed by atoms with Gasteiger partial charge in [0.25, 0.3) is 0 Å². The third kappa shape index (κ3) is 1.36. The number of hydrogen-bond donors (Lipinski definition) is 0. The molecule has 0 amide bonds. The summed E-state index contributed by atoms with van der Waals surface area (Å²) in [6.07, 6.45) is 9.48. The van der Waals surface area contributed by atoms with E-state index >= 15 is 0 Å². The van der Waals surface area contributed by atoms with Crippen molar-refractivity contribution in [3.63, 3.8) is 0 Å². The van der Waals surface area contributed by atoms with E-state index in [1.165, 1.54) is 16.4 Å². The molecule has 1 heterocycles. The predicted octanol–water partition coefficient (Wildman–Crippen LogP) is 2.30. The number of rotatable bonds is 1. The van der Waals surface area contributed by atoms with E-state index < -0.39 is 0 Å². The van der Waals surface area contributed by atoms with Gasteiger partial charge in [0.2, 0.25) is 0 Å². The Morgan fingerprint density at radius 2 is 2.30 bits per heavy atom. The molecule has 54 valence electrons. The van der Waals surface area contributed by atoms with Gasteiger partial charge in [-0.3, -0.25) is 0 Å². The summed E-state index contributed by atoms with van der Waals surface area (Å²) in [6, 6.07) is 0.872. The van der Waals surface area contributed by atoms with Crippen molar-refractivity contribution in [3.8, 4) is 0 Å². The molecule has 0 spiro atoms. The van der Waals surface area contributed by atoms with Gasteiger partial charge in [-0.2, -0.15) is 0 Å². The van der Waals surface area contributed by atoms with Gasteiger partial charge in [-0.05, 0) is 41.5 Å². The van der Waals surface area contributed by atoms with Crippen LogP contribution in [0.5, 0.6) is 0 Å². The maximum Gasteiger partial charge on any atom is 0.0370 e. The van der Waals surface area contributed by atoms with Gasteiger partial charge in [-0.15, -0.1) is 0 Å². The number of halogens is 1. The van der Waals surface area contributed by atoms with E-state index in [1.54, 1.807) is 0 Å². The average Bonchev–Trinajstić information content (AvgIpc) is 2.71. The number of nitrogens with zero attached hydrogens (tertiary/aromatic N) is 1. The molecule has 2 aliphatic rings. The normalized spacial score (nSPS) is 24.9. The lowest BCUT2D eigenvalue weighted by Gasteiger charge is -2.20.